The lowest BCUT2D eigenvalue weighted by atomic mass is 9.91. The van der Waals surface area contributed by atoms with Crippen LogP contribution in [0.3, 0.4) is 0 Å². The van der Waals surface area contributed by atoms with Crippen molar-refractivity contribution in [1.29, 1.82) is 0 Å². The van der Waals surface area contributed by atoms with Gasteiger partial charge in [-0.25, -0.2) is 0 Å². The number of ether oxygens (including phenoxy) is 2. The predicted octanol–water partition coefficient (Wildman–Crippen LogP) is -0.441. The zero-order valence-corrected chi connectivity index (χ0v) is 20.9. The number of carboxylic acids is 1. The van der Waals surface area contributed by atoms with Crippen LogP contribution in [0.15, 0.2) is 0 Å². The number of likely N-dealkylation sites (N-methyl/N-ethyl adjacent to an activating group) is 1. The molecule has 0 saturated carbocycles. The van der Waals surface area contributed by atoms with E-state index in [1.165, 1.54) is 6.92 Å². The van der Waals surface area contributed by atoms with Crippen LogP contribution in [-0.2, 0) is 23.9 Å². The van der Waals surface area contributed by atoms with Crippen LogP contribution in [-0.4, -0.2) is 111 Å². The lowest BCUT2D eigenvalue weighted by Crippen LogP contribution is -2.66. The molecule has 0 aliphatic carbocycles. The van der Waals surface area contributed by atoms with Crippen LogP contribution in [0.1, 0.15) is 46.0 Å². The van der Waals surface area contributed by atoms with Crippen molar-refractivity contribution >= 4 is 29.6 Å². The molecule has 196 valence electrons. The third-order valence-electron chi connectivity index (χ3n) is 6.44. The number of carboxylic acid groups (broad SMARTS) is 1. The molecule has 2 fully saturated rings. The summed E-state index contributed by atoms with van der Waals surface area (Å²) in [4.78, 5) is 37.9. The fourth-order valence-electron chi connectivity index (χ4n) is 4.68. The normalized spacial score (nSPS) is 33.8. The SMILES string of the molecule is CCCC1CC(C(=O)NC(C(C)O)C2OC(SC)C(O)C(OC(=O)CCC(=O)O)C2O)N(C)C1. The van der Waals surface area contributed by atoms with Crippen LogP contribution in [0.25, 0.3) is 0 Å². The number of carbonyl (C=O) groups is 3. The van der Waals surface area contributed by atoms with Crippen LogP contribution >= 0.6 is 11.8 Å². The molecule has 0 radical (unpaired) electrons. The summed E-state index contributed by atoms with van der Waals surface area (Å²) in [6.07, 6.45) is -3.18. The maximum Gasteiger partial charge on any atom is 0.306 e. The van der Waals surface area contributed by atoms with Crippen molar-refractivity contribution in [2.45, 2.75) is 94.0 Å². The molecule has 2 aliphatic heterocycles. The standard InChI is InChI=1S/C22H38N2O9S/c1-5-6-12-9-13(24(3)10-12)21(31)23-16(11(2)25)19-17(29)20(18(30)22(33-19)34-4)32-15(28)8-7-14(26)27/h11-13,16-20,22,25,29-30H,5-10H2,1-4H3,(H,23,31)(H,26,27). The molecule has 2 rings (SSSR count). The van der Waals surface area contributed by atoms with E-state index in [-0.39, 0.29) is 11.9 Å². The number of aliphatic hydroxyl groups excluding tert-OH is 3. The molecule has 34 heavy (non-hydrogen) atoms. The highest BCUT2D eigenvalue weighted by molar-refractivity contribution is 7.99. The lowest BCUT2D eigenvalue weighted by Gasteiger charge is -2.45. The van der Waals surface area contributed by atoms with Crippen molar-refractivity contribution in [3.05, 3.63) is 0 Å². The number of rotatable bonds is 11. The van der Waals surface area contributed by atoms with Crippen molar-refractivity contribution in [3.63, 3.8) is 0 Å². The first-order chi connectivity index (χ1) is 16.0. The number of carbonyl (C=O) groups excluding carboxylic acids is 2. The first-order valence-electron chi connectivity index (χ1n) is 11.6. The topological polar surface area (TPSA) is 166 Å². The van der Waals surface area contributed by atoms with Crippen molar-refractivity contribution in [2.24, 2.45) is 5.92 Å². The van der Waals surface area contributed by atoms with Crippen LogP contribution in [0, 0.1) is 5.92 Å². The highest BCUT2D eigenvalue weighted by Gasteiger charge is 2.50. The fourth-order valence-corrected chi connectivity index (χ4v) is 5.35. The number of aliphatic hydroxyl groups is 3. The minimum atomic E-state index is -1.57. The van der Waals surface area contributed by atoms with E-state index >= 15 is 0 Å². The molecule has 11 nitrogen and oxygen atoms in total. The molecule has 9 atom stereocenters. The number of amides is 1. The monoisotopic (exact) mass is 506 g/mol. The van der Waals surface area contributed by atoms with Gasteiger partial charge in [0.15, 0.2) is 6.10 Å². The van der Waals surface area contributed by atoms with Crippen molar-refractivity contribution in [2.75, 3.05) is 19.8 Å². The van der Waals surface area contributed by atoms with Gasteiger partial charge in [-0.3, -0.25) is 19.3 Å². The zero-order valence-electron chi connectivity index (χ0n) is 20.1. The maximum atomic E-state index is 13.1. The van der Waals surface area contributed by atoms with Gasteiger partial charge in [0.1, 0.15) is 23.7 Å². The molecule has 1 amide bonds. The van der Waals surface area contributed by atoms with Crippen molar-refractivity contribution in [3.8, 4) is 0 Å². The summed E-state index contributed by atoms with van der Waals surface area (Å²) in [6, 6.07) is -1.42. The maximum absolute atomic E-state index is 13.1. The average Bonchev–Trinajstić information content (AvgIpc) is 3.14. The molecular weight excluding hydrogens is 468 g/mol. The van der Waals surface area contributed by atoms with Crippen molar-refractivity contribution in [1.82, 2.24) is 10.2 Å². The number of hydrogen-bond acceptors (Lipinski definition) is 10. The Balaban J connectivity index is 2.16. The van der Waals surface area contributed by atoms with Crippen molar-refractivity contribution < 1.29 is 44.3 Å². The zero-order chi connectivity index (χ0) is 25.6. The number of aliphatic carboxylic acids is 1. The van der Waals surface area contributed by atoms with Gasteiger partial charge in [-0.2, -0.15) is 0 Å². The molecule has 2 aliphatic rings. The Hall–Kier alpha value is -1.44. The molecule has 9 unspecified atom stereocenters. The fraction of sp³-hybridized carbons (Fsp3) is 0.864. The van der Waals surface area contributed by atoms with E-state index in [2.05, 4.69) is 12.2 Å². The summed E-state index contributed by atoms with van der Waals surface area (Å²) in [6.45, 7) is 4.34. The van der Waals surface area contributed by atoms with Crippen LogP contribution < -0.4 is 5.32 Å². The molecule has 12 heteroatoms. The van der Waals surface area contributed by atoms with Gasteiger partial charge in [0, 0.05) is 6.54 Å². The summed E-state index contributed by atoms with van der Waals surface area (Å²) >= 11 is 1.12. The van der Waals surface area contributed by atoms with E-state index in [1.54, 1.807) is 6.26 Å². The second kappa shape index (κ2) is 13.0. The quantitative estimate of drug-likeness (QED) is 0.231. The number of nitrogens with one attached hydrogen (secondary N) is 1. The van der Waals surface area contributed by atoms with E-state index in [4.69, 9.17) is 14.6 Å². The Bertz CT molecular complexity index is 710. The predicted molar refractivity (Wildman–Crippen MR) is 124 cm³/mol. The summed E-state index contributed by atoms with van der Waals surface area (Å²) < 4.78 is 11.1. The highest BCUT2D eigenvalue weighted by atomic mass is 32.2. The van der Waals surface area contributed by atoms with Gasteiger partial charge < -0.3 is 35.2 Å². The molecule has 0 spiro atoms. The van der Waals surface area contributed by atoms with Gasteiger partial charge in [0.05, 0.1) is 31.0 Å². The van der Waals surface area contributed by atoms with Gasteiger partial charge >= 0.3 is 11.9 Å². The Morgan fingerprint density at radius 1 is 1.24 bits per heavy atom. The third-order valence-corrected chi connectivity index (χ3v) is 7.29. The number of likely N-dealkylation sites (tertiary alicyclic amines) is 1. The lowest BCUT2D eigenvalue weighted by molar-refractivity contribution is -0.224. The minimum Gasteiger partial charge on any atom is -0.481 e. The third kappa shape index (κ3) is 7.28. The van der Waals surface area contributed by atoms with Gasteiger partial charge in [-0.1, -0.05) is 13.3 Å². The second-order valence-corrected chi connectivity index (χ2v) is 10.1. The van der Waals surface area contributed by atoms with Crippen LogP contribution in [0.5, 0.6) is 0 Å². The summed E-state index contributed by atoms with van der Waals surface area (Å²) in [5.74, 6) is -1.97. The van der Waals surface area contributed by atoms with Crippen LogP contribution in [0.4, 0.5) is 0 Å². The minimum absolute atomic E-state index is 0.301. The molecular formula is C22H38N2O9S. The Labute approximate surface area is 204 Å². The molecule has 0 bridgehead atoms. The summed E-state index contributed by atoms with van der Waals surface area (Å²) in [7, 11) is 1.87. The van der Waals surface area contributed by atoms with E-state index < -0.39 is 66.8 Å². The molecule has 2 saturated heterocycles. The number of esters is 1. The van der Waals surface area contributed by atoms with E-state index in [1.807, 2.05) is 11.9 Å². The largest absolute Gasteiger partial charge is 0.481 e. The Morgan fingerprint density at radius 2 is 1.91 bits per heavy atom. The van der Waals surface area contributed by atoms with E-state index in [9.17, 15) is 29.7 Å². The molecule has 0 aromatic rings. The van der Waals surface area contributed by atoms with E-state index in [0.717, 1.165) is 31.1 Å². The number of thioether (sulfide) groups is 1. The molecule has 0 aromatic carbocycles. The summed E-state index contributed by atoms with van der Waals surface area (Å²) in [5.41, 5.74) is -0.910. The van der Waals surface area contributed by atoms with Gasteiger partial charge in [0.2, 0.25) is 5.91 Å². The smallest absolute Gasteiger partial charge is 0.306 e. The van der Waals surface area contributed by atoms with E-state index in [0.29, 0.717) is 12.3 Å². The first-order valence-corrected chi connectivity index (χ1v) is 12.9. The Kier molecular flexibility index (Phi) is 11.0. The van der Waals surface area contributed by atoms with Crippen LogP contribution in [0.2, 0.25) is 0 Å². The Morgan fingerprint density at radius 3 is 2.47 bits per heavy atom. The van der Waals surface area contributed by atoms with Gasteiger partial charge in [-0.05, 0) is 39.0 Å². The van der Waals surface area contributed by atoms with Gasteiger partial charge in [0.25, 0.3) is 0 Å². The molecule has 0 aromatic heterocycles. The molecule has 2 heterocycles. The number of nitrogens with zero attached hydrogens (tertiary/aromatic N) is 1. The molecule has 5 N–H and O–H groups in total. The van der Waals surface area contributed by atoms with Gasteiger partial charge in [-0.15, -0.1) is 11.8 Å². The first kappa shape index (κ1) is 28.8. The number of hydrogen-bond donors (Lipinski definition) is 5. The second-order valence-electron chi connectivity index (χ2n) is 9.15. The highest BCUT2D eigenvalue weighted by Crippen LogP contribution is 2.32. The summed E-state index contributed by atoms with van der Waals surface area (Å²) in [5, 5.41) is 43.5. The average molecular weight is 507 g/mol.